The zero-order valence-electron chi connectivity index (χ0n) is 10.8. The number of likely N-dealkylation sites (N-methyl/N-ethyl adjacent to an activating group) is 1. The lowest BCUT2D eigenvalue weighted by Crippen LogP contribution is -2.53. The van der Waals surface area contributed by atoms with Gasteiger partial charge >= 0.3 is 0 Å². The van der Waals surface area contributed by atoms with Crippen LogP contribution in [-0.2, 0) is 9.59 Å². The van der Waals surface area contributed by atoms with Gasteiger partial charge < -0.3 is 10.6 Å². The van der Waals surface area contributed by atoms with Crippen LogP contribution >= 0.6 is 0 Å². The van der Waals surface area contributed by atoms with E-state index in [0.29, 0.717) is 5.92 Å². The second-order valence-electron chi connectivity index (χ2n) is 5.74. The summed E-state index contributed by atoms with van der Waals surface area (Å²) in [6, 6.07) is -0.460. The van der Waals surface area contributed by atoms with E-state index >= 15 is 0 Å². The Morgan fingerprint density at radius 2 is 1.81 bits per heavy atom. The highest BCUT2D eigenvalue weighted by Gasteiger charge is 2.42. The first-order chi connectivity index (χ1) is 7.27. The smallest absolute Gasteiger partial charge is 0.242 e. The van der Waals surface area contributed by atoms with Crippen molar-refractivity contribution in [3.8, 4) is 0 Å². The van der Waals surface area contributed by atoms with E-state index in [-0.39, 0.29) is 23.1 Å². The first-order valence-corrected chi connectivity index (χ1v) is 5.79. The molecule has 0 radical (unpaired) electrons. The Bertz CT molecular complexity index is 294. The van der Waals surface area contributed by atoms with Crippen molar-refractivity contribution in [3.05, 3.63) is 0 Å². The Morgan fingerprint density at radius 1 is 1.31 bits per heavy atom. The molecule has 2 amide bonds. The minimum absolute atomic E-state index is 0.0102. The van der Waals surface area contributed by atoms with Crippen molar-refractivity contribution in [3.63, 3.8) is 0 Å². The van der Waals surface area contributed by atoms with Crippen molar-refractivity contribution in [1.29, 1.82) is 0 Å². The van der Waals surface area contributed by atoms with Crippen molar-refractivity contribution in [2.45, 2.75) is 40.2 Å². The fourth-order valence-electron chi connectivity index (χ4n) is 1.76. The molecule has 3 unspecified atom stereocenters. The van der Waals surface area contributed by atoms with Crippen LogP contribution in [0.4, 0.5) is 0 Å². The molecule has 0 aromatic heterocycles. The minimum atomic E-state index is -0.460. The quantitative estimate of drug-likeness (QED) is 0.752. The van der Waals surface area contributed by atoms with Crippen molar-refractivity contribution in [1.82, 2.24) is 10.6 Å². The van der Waals surface area contributed by atoms with E-state index in [2.05, 4.69) is 17.6 Å². The summed E-state index contributed by atoms with van der Waals surface area (Å²) in [5.74, 6) is 0.449. The van der Waals surface area contributed by atoms with Gasteiger partial charge in [0.05, 0.1) is 0 Å². The maximum atomic E-state index is 11.8. The van der Waals surface area contributed by atoms with E-state index in [0.717, 1.165) is 6.42 Å². The molecule has 4 nitrogen and oxygen atoms in total. The number of nitrogens with one attached hydrogen (secondary N) is 2. The van der Waals surface area contributed by atoms with Crippen LogP contribution in [-0.4, -0.2) is 24.9 Å². The monoisotopic (exact) mass is 226 g/mol. The number of hydrogen-bond donors (Lipinski definition) is 2. The van der Waals surface area contributed by atoms with Gasteiger partial charge in [0.25, 0.3) is 0 Å². The van der Waals surface area contributed by atoms with E-state index in [1.807, 2.05) is 20.8 Å². The predicted octanol–water partition coefficient (Wildman–Crippen LogP) is 0.919. The summed E-state index contributed by atoms with van der Waals surface area (Å²) in [5, 5.41) is 5.44. The molecule has 3 atom stereocenters. The Morgan fingerprint density at radius 3 is 2.12 bits per heavy atom. The van der Waals surface area contributed by atoms with Crippen LogP contribution in [0.2, 0.25) is 0 Å². The van der Waals surface area contributed by atoms with Gasteiger partial charge in [0.1, 0.15) is 6.04 Å². The van der Waals surface area contributed by atoms with Crippen LogP contribution in [0.3, 0.4) is 0 Å². The fourth-order valence-corrected chi connectivity index (χ4v) is 1.76. The van der Waals surface area contributed by atoms with E-state index in [1.165, 1.54) is 0 Å². The summed E-state index contributed by atoms with van der Waals surface area (Å²) >= 11 is 0. The molecular weight excluding hydrogens is 204 g/mol. The van der Waals surface area contributed by atoms with Gasteiger partial charge in [-0.25, -0.2) is 0 Å². The number of carbonyl (C=O) groups is 2. The summed E-state index contributed by atoms with van der Waals surface area (Å²) < 4.78 is 0. The Balaban J connectivity index is 2.64. The van der Waals surface area contributed by atoms with E-state index in [9.17, 15) is 9.59 Å². The molecule has 0 aromatic carbocycles. The molecule has 16 heavy (non-hydrogen) atoms. The molecule has 0 aliphatic heterocycles. The number of hydrogen-bond acceptors (Lipinski definition) is 2. The molecule has 0 aromatic rings. The van der Waals surface area contributed by atoms with Gasteiger partial charge in [-0.2, -0.15) is 0 Å². The lowest BCUT2D eigenvalue weighted by atomic mass is 9.86. The first-order valence-electron chi connectivity index (χ1n) is 5.79. The summed E-state index contributed by atoms with van der Waals surface area (Å²) in [5.41, 5.74) is -0.270. The van der Waals surface area contributed by atoms with Gasteiger partial charge in [0.2, 0.25) is 11.8 Å². The highest BCUT2D eigenvalue weighted by Crippen LogP contribution is 2.38. The van der Waals surface area contributed by atoms with Gasteiger partial charge in [-0.1, -0.05) is 27.7 Å². The molecule has 0 bridgehead atoms. The first kappa shape index (κ1) is 13.0. The summed E-state index contributed by atoms with van der Waals surface area (Å²) in [4.78, 5) is 23.5. The minimum Gasteiger partial charge on any atom is -0.357 e. The average molecular weight is 226 g/mol. The molecule has 1 aliphatic carbocycles. The molecule has 1 saturated carbocycles. The zero-order chi connectivity index (χ0) is 12.5. The van der Waals surface area contributed by atoms with Gasteiger partial charge in [-0.05, 0) is 17.8 Å². The number of carbonyl (C=O) groups excluding carboxylic acids is 2. The second kappa shape index (κ2) is 4.44. The number of rotatable bonds is 3. The topological polar surface area (TPSA) is 58.2 Å². The molecule has 92 valence electrons. The van der Waals surface area contributed by atoms with Gasteiger partial charge in [-0.15, -0.1) is 0 Å². The van der Waals surface area contributed by atoms with Crippen molar-refractivity contribution in [2.75, 3.05) is 7.05 Å². The van der Waals surface area contributed by atoms with Gasteiger partial charge in [-0.3, -0.25) is 9.59 Å². The van der Waals surface area contributed by atoms with Crippen LogP contribution in [0.5, 0.6) is 0 Å². The fraction of sp³-hybridized carbons (Fsp3) is 0.833. The van der Waals surface area contributed by atoms with Gasteiger partial charge in [0.15, 0.2) is 0 Å². The summed E-state index contributed by atoms with van der Waals surface area (Å²) in [6.45, 7) is 7.90. The molecular formula is C12H22N2O2. The molecule has 0 spiro atoms. The highest BCUT2D eigenvalue weighted by atomic mass is 16.2. The summed E-state index contributed by atoms with van der Waals surface area (Å²) in [6.07, 6.45) is 0.941. The predicted molar refractivity (Wildman–Crippen MR) is 62.7 cm³/mol. The lowest BCUT2D eigenvalue weighted by Gasteiger charge is -2.29. The van der Waals surface area contributed by atoms with Gasteiger partial charge in [0, 0.05) is 13.0 Å². The highest BCUT2D eigenvalue weighted by molar-refractivity contribution is 5.89. The normalized spacial score (nSPS) is 25.8. The number of amides is 2. The lowest BCUT2D eigenvalue weighted by molar-refractivity contribution is -0.132. The molecule has 1 fully saturated rings. The Kier molecular flexibility index (Phi) is 3.61. The average Bonchev–Trinajstić information content (AvgIpc) is 2.88. The molecule has 1 rings (SSSR count). The maximum absolute atomic E-state index is 11.8. The van der Waals surface area contributed by atoms with E-state index in [4.69, 9.17) is 0 Å². The Labute approximate surface area is 97.2 Å². The van der Waals surface area contributed by atoms with Crippen LogP contribution < -0.4 is 10.6 Å². The van der Waals surface area contributed by atoms with E-state index in [1.54, 1.807) is 7.05 Å². The summed E-state index contributed by atoms with van der Waals surface area (Å²) in [7, 11) is 1.59. The maximum Gasteiger partial charge on any atom is 0.242 e. The SMILES string of the molecule is CNC(=O)C(NC(=O)C1CC1C)C(C)(C)C. The molecule has 1 aliphatic rings. The zero-order valence-corrected chi connectivity index (χ0v) is 10.8. The third kappa shape index (κ3) is 2.97. The largest absolute Gasteiger partial charge is 0.357 e. The van der Waals surface area contributed by atoms with Crippen molar-refractivity contribution < 1.29 is 9.59 Å². The molecule has 0 heterocycles. The van der Waals surface area contributed by atoms with Crippen molar-refractivity contribution in [2.24, 2.45) is 17.3 Å². The van der Waals surface area contributed by atoms with Crippen LogP contribution in [0.25, 0.3) is 0 Å². The van der Waals surface area contributed by atoms with E-state index < -0.39 is 6.04 Å². The van der Waals surface area contributed by atoms with Crippen LogP contribution in [0.15, 0.2) is 0 Å². The molecule has 4 heteroatoms. The third-order valence-corrected chi connectivity index (χ3v) is 3.11. The van der Waals surface area contributed by atoms with Crippen molar-refractivity contribution >= 4 is 11.8 Å². The Hall–Kier alpha value is -1.06. The molecule has 0 saturated heterocycles. The standard InChI is InChI=1S/C12H22N2O2/c1-7-6-8(7)10(15)14-9(11(16)13-5)12(2,3)4/h7-9H,6H2,1-5H3,(H,13,16)(H,14,15). The second-order valence-corrected chi connectivity index (χ2v) is 5.74. The van der Waals surface area contributed by atoms with Crippen LogP contribution in [0, 0.1) is 17.3 Å². The molecule has 2 N–H and O–H groups in total. The van der Waals surface area contributed by atoms with Crippen LogP contribution in [0.1, 0.15) is 34.1 Å². The third-order valence-electron chi connectivity index (χ3n) is 3.11.